The molecule has 0 rings (SSSR count). The second-order valence-corrected chi connectivity index (χ2v) is 9.07. The fourth-order valence-corrected chi connectivity index (χ4v) is 4.11. The zero-order valence-corrected chi connectivity index (χ0v) is 21.5. The van der Waals surface area contributed by atoms with Crippen molar-refractivity contribution in [2.45, 2.75) is 67.5 Å². The Balaban J connectivity index is 6.40. The van der Waals surface area contributed by atoms with Gasteiger partial charge in [-0.25, -0.2) is 9.59 Å². The van der Waals surface area contributed by atoms with Crippen molar-refractivity contribution in [3.63, 3.8) is 0 Å². The lowest BCUT2D eigenvalue weighted by atomic mass is 10.3. The number of ether oxygens (including phenoxy) is 2. The Hall–Kier alpha value is -2.56. The summed E-state index contributed by atoms with van der Waals surface area (Å²) < 4.78 is 10.3. The van der Waals surface area contributed by atoms with Crippen molar-refractivity contribution in [2.75, 3.05) is 13.2 Å². The standard InChI is InChI=1S/C22H32N4O4S2/c1-9-29-21(27)19(15(7)25-13(3)4)31-17(11-23)18(12-24)32-20(22(28)30-10-2)16(8)26-14(5)6/h13-14,25-26H,9-10H2,1-8H3/b18-17-,19-15+,20-16+. The summed E-state index contributed by atoms with van der Waals surface area (Å²) in [5.74, 6) is -1.20. The summed E-state index contributed by atoms with van der Waals surface area (Å²) in [7, 11) is 0. The van der Waals surface area contributed by atoms with Crippen molar-refractivity contribution in [1.29, 1.82) is 10.5 Å². The van der Waals surface area contributed by atoms with E-state index in [-0.39, 0.29) is 44.9 Å². The van der Waals surface area contributed by atoms with Crippen LogP contribution in [0.4, 0.5) is 0 Å². The van der Waals surface area contributed by atoms with Gasteiger partial charge in [0.05, 0.1) is 13.2 Å². The number of hydrogen-bond donors (Lipinski definition) is 2. The largest absolute Gasteiger partial charge is 0.462 e. The molecule has 0 atom stereocenters. The van der Waals surface area contributed by atoms with E-state index in [9.17, 15) is 20.1 Å². The first kappa shape index (κ1) is 29.4. The molecule has 10 heteroatoms. The number of hydrogen-bond acceptors (Lipinski definition) is 10. The summed E-state index contributed by atoms with van der Waals surface area (Å²) in [6.45, 7) is 14.8. The Morgan fingerprint density at radius 1 is 0.781 bits per heavy atom. The van der Waals surface area contributed by atoms with Gasteiger partial charge in [-0.2, -0.15) is 10.5 Å². The van der Waals surface area contributed by atoms with Crippen molar-refractivity contribution < 1.29 is 19.1 Å². The minimum absolute atomic E-state index is 0.0235. The van der Waals surface area contributed by atoms with Crippen LogP contribution in [0.3, 0.4) is 0 Å². The highest BCUT2D eigenvalue weighted by atomic mass is 32.2. The zero-order chi connectivity index (χ0) is 24.8. The summed E-state index contributed by atoms with van der Waals surface area (Å²) in [4.78, 5) is 25.3. The van der Waals surface area contributed by atoms with Crippen LogP contribution in [0.15, 0.2) is 31.0 Å². The second kappa shape index (κ2) is 15.3. The molecule has 0 amide bonds. The van der Waals surface area contributed by atoms with Crippen LogP contribution in [0, 0.1) is 22.7 Å². The minimum Gasteiger partial charge on any atom is -0.462 e. The molecule has 0 saturated heterocycles. The highest BCUT2D eigenvalue weighted by Crippen LogP contribution is 2.37. The molecule has 176 valence electrons. The molecule has 0 aliphatic rings. The van der Waals surface area contributed by atoms with Crippen molar-refractivity contribution in [3.8, 4) is 12.1 Å². The number of nitriles is 2. The maximum atomic E-state index is 12.5. The normalized spacial score (nSPS) is 13.2. The Kier molecular flexibility index (Phi) is 14.1. The number of allylic oxidation sites excluding steroid dienone is 4. The molecule has 0 bridgehead atoms. The van der Waals surface area contributed by atoms with Crippen LogP contribution in [-0.2, 0) is 19.1 Å². The van der Waals surface area contributed by atoms with Crippen LogP contribution in [0.5, 0.6) is 0 Å². The summed E-state index contributed by atoms with van der Waals surface area (Å²) in [5, 5.41) is 25.8. The average Bonchev–Trinajstić information content (AvgIpc) is 2.69. The van der Waals surface area contributed by atoms with Crippen LogP contribution in [0.1, 0.15) is 55.4 Å². The fourth-order valence-electron chi connectivity index (χ4n) is 2.38. The van der Waals surface area contributed by atoms with Gasteiger partial charge in [0, 0.05) is 23.5 Å². The Morgan fingerprint density at radius 3 is 1.31 bits per heavy atom. The van der Waals surface area contributed by atoms with Gasteiger partial charge < -0.3 is 20.1 Å². The van der Waals surface area contributed by atoms with Gasteiger partial charge in [-0.1, -0.05) is 23.5 Å². The Labute approximate surface area is 199 Å². The molecule has 0 radical (unpaired) electrons. The first-order valence-corrected chi connectivity index (χ1v) is 11.8. The van der Waals surface area contributed by atoms with Crippen LogP contribution in [0.2, 0.25) is 0 Å². The van der Waals surface area contributed by atoms with Crippen molar-refractivity contribution >= 4 is 35.5 Å². The monoisotopic (exact) mass is 480 g/mol. The molecular formula is C22H32N4O4S2. The molecule has 0 saturated carbocycles. The third-order valence-corrected chi connectivity index (χ3v) is 5.91. The number of thioether (sulfide) groups is 2. The minimum atomic E-state index is -0.600. The summed E-state index contributed by atoms with van der Waals surface area (Å²) in [6.07, 6.45) is 0. The van der Waals surface area contributed by atoms with Gasteiger partial charge in [0.2, 0.25) is 0 Å². The molecule has 0 aliphatic carbocycles. The molecule has 0 unspecified atom stereocenters. The molecule has 0 aromatic heterocycles. The molecule has 0 fully saturated rings. The van der Waals surface area contributed by atoms with Gasteiger partial charge in [0.15, 0.2) is 0 Å². The number of nitrogens with zero attached hydrogens (tertiary/aromatic N) is 2. The lowest BCUT2D eigenvalue weighted by molar-refractivity contribution is -0.138. The number of nitrogens with one attached hydrogen (secondary N) is 2. The molecule has 0 spiro atoms. The zero-order valence-electron chi connectivity index (χ0n) is 19.9. The number of carbonyl (C=O) groups excluding carboxylic acids is 2. The molecule has 8 nitrogen and oxygen atoms in total. The highest BCUT2D eigenvalue weighted by Gasteiger charge is 2.24. The SMILES string of the molecule is CCOC(=O)/C(S/C(C#N)=C(/C#N)S/C(C(=O)OCC)=C(\C)NC(C)C)=C(/C)NC(C)C. The van der Waals surface area contributed by atoms with E-state index in [4.69, 9.17) is 9.47 Å². The third kappa shape index (κ3) is 10.2. The topological polar surface area (TPSA) is 124 Å². The molecule has 0 heterocycles. The smallest absolute Gasteiger partial charge is 0.346 e. The van der Waals surface area contributed by atoms with Gasteiger partial charge >= 0.3 is 11.9 Å². The van der Waals surface area contributed by atoms with E-state index >= 15 is 0 Å². The van der Waals surface area contributed by atoms with E-state index < -0.39 is 11.9 Å². The maximum Gasteiger partial charge on any atom is 0.346 e. The van der Waals surface area contributed by atoms with Gasteiger partial charge in [-0.3, -0.25) is 0 Å². The number of carbonyl (C=O) groups is 2. The molecule has 32 heavy (non-hydrogen) atoms. The maximum absolute atomic E-state index is 12.5. The van der Waals surface area contributed by atoms with Gasteiger partial charge in [0.1, 0.15) is 31.8 Å². The van der Waals surface area contributed by atoms with Gasteiger partial charge in [-0.05, 0) is 55.4 Å². The summed E-state index contributed by atoms with van der Waals surface area (Å²) >= 11 is 1.67. The third-order valence-electron chi connectivity index (χ3n) is 3.43. The number of rotatable bonds is 12. The lowest BCUT2D eigenvalue weighted by Crippen LogP contribution is -2.24. The summed E-state index contributed by atoms with van der Waals surface area (Å²) in [5.41, 5.74) is 1.05. The van der Waals surface area contributed by atoms with E-state index in [1.165, 1.54) is 0 Å². The van der Waals surface area contributed by atoms with Crippen LogP contribution in [0.25, 0.3) is 0 Å². The second-order valence-electron chi connectivity index (χ2n) is 7.03. The Bertz CT molecular complexity index is 792. The lowest BCUT2D eigenvalue weighted by Gasteiger charge is -2.16. The molecular weight excluding hydrogens is 448 g/mol. The summed E-state index contributed by atoms with van der Waals surface area (Å²) in [6, 6.07) is 4.05. The fraction of sp³-hybridized carbons (Fsp3) is 0.545. The van der Waals surface area contributed by atoms with E-state index in [2.05, 4.69) is 10.6 Å². The van der Waals surface area contributed by atoms with Gasteiger partial charge in [0.25, 0.3) is 0 Å². The van der Waals surface area contributed by atoms with E-state index in [0.29, 0.717) is 11.4 Å². The first-order chi connectivity index (χ1) is 15.0. The van der Waals surface area contributed by atoms with Gasteiger partial charge in [-0.15, -0.1) is 0 Å². The molecule has 0 aromatic carbocycles. The predicted octanol–water partition coefficient (Wildman–Crippen LogP) is 4.30. The highest BCUT2D eigenvalue weighted by molar-refractivity contribution is 8.11. The average molecular weight is 481 g/mol. The van der Waals surface area contributed by atoms with Crippen molar-refractivity contribution in [2.24, 2.45) is 0 Å². The first-order valence-electron chi connectivity index (χ1n) is 10.2. The van der Waals surface area contributed by atoms with Crippen LogP contribution >= 0.6 is 23.5 Å². The quantitative estimate of drug-likeness (QED) is 0.237. The van der Waals surface area contributed by atoms with E-state index in [1.54, 1.807) is 27.7 Å². The van der Waals surface area contributed by atoms with E-state index in [0.717, 1.165) is 23.5 Å². The Morgan fingerprint density at radius 2 is 1.09 bits per heavy atom. The molecule has 0 aliphatic heterocycles. The number of esters is 2. The van der Waals surface area contributed by atoms with Crippen molar-refractivity contribution in [3.05, 3.63) is 31.0 Å². The molecule has 2 N–H and O–H groups in total. The van der Waals surface area contributed by atoms with Crippen LogP contribution in [-0.4, -0.2) is 37.2 Å². The van der Waals surface area contributed by atoms with Crippen LogP contribution < -0.4 is 10.6 Å². The van der Waals surface area contributed by atoms with Crippen molar-refractivity contribution in [1.82, 2.24) is 10.6 Å². The van der Waals surface area contributed by atoms with E-state index in [1.807, 2.05) is 39.8 Å². The molecule has 0 aromatic rings. The predicted molar refractivity (Wildman–Crippen MR) is 129 cm³/mol.